The Morgan fingerprint density at radius 1 is 1.32 bits per heavy atom. The Morgan fingerprint density at radius 2 is 2.04 bits per heavy atom. The van der Waals surface area contributed by atoms with Crippen LogP contribution in [0.4, 0.5) is 13.2 Å². The average molecular weight is 352 g/mol. The average Bonchev–Trinajstić information content (AvgIpc) is 3.12. The van der Waals surface area contributed by atoms with Gasteiger partial charge in [0.05, 0.1) is 19.2 Å². The number of hydrogen-bond donors (Lipinski definition) is 0. The lowest BCUT2D eigenvalue weighted by molar-refractivity contribution is -0.159. The molecule has 1 saturated heterocycles. The van der Waals surface area contributed by atoms with E-state index >= 15 is 0 Å². The molecule has 10 heteroatoms. The third-order valence-electron chi connectivity index (χ3n) is 3.56. The highest BCUT2D eigenvalue weighted by molar-refractivity contribution is 5.94. The van der Waals surface area contributed by atoms with Gasteiger partial charge in [0.15, 0.2) is 6.10 Å². The Balaban J connectivity index is 1.75. The van der Waals surface area contributed by atoms with E-state index in [-0.39, 0.29) is 30.4 Å². The summed E-state index contributed by atoms with van der Waals surface area (Å²) in [5.74, 6) is -1.94. The maximum atomic E-state index is 12.5. The molecule has 1 fully saturated rings. The van der Waals surface area contributed by atoms with Gasteiger partial charge in [-0.05, 0) is 12.1 Å². The predicted molar refractivity (Wildman–Crippen MR) is 76.0 cm³/mol. The Labute approximate surface area is 139 Å². The molecule has 1 amide bonds. The van der Waals surface area contributed by atoms with Crippen LogP contribution in [-0.4, -0.2) is 46.7 Å². The largest absolute Gasteiger partial charge is 0.471 e. The van der Waals surface area contributed by atoms with Crippen molar-refractivity contribution in [2.45, 2.75) is 12.3 Å². The molecule has 0 saturated carbocycles. The van der Waals surface area contributed by atoms with E-state index in [9.17, 15) is 18.0 Å². The number of aromatic nitrogens is 2. The summed E-state index contributed by atoms with van der Waals surface area (Å²) in [7, 11) is 0. The first kappa shape index (κ1) is 16.9. The molecule has 0 N–H and O–H groups in total. The van der Waals surface area contributed by atoms with E-state index in [0.717, 1.165) is 0 Å². The lowest BCUT2D eigenvalue weighted by Gasteiger charge is -2.29. The zero-order valence-electron chi connectivity index (χ0n) is 12.7. The summed E-state index contributed by atoms with van der Waals surface area (Å²) in [5, 5.41) is 12.2. The molecule has 1 aliphatic heterocycles. The first-order valence-corrected chi connectivity index (χ1v) is 7.20. The van der Waals surface area contributed by atoms with Gasteiger partial charge >= 0.3 is 12.1 Å². The van der Waals surface area contributed by atoms with Crippen molar-refractivity contribution in [3.05, 3.63) is 35.7 Å². The van der Waals surface area contributed by atoms with Gasteiger partial charge in [0.2, 0.25) is 5.82 Å². The van der Waals surface area contributed by atoms with E-state index in [1.807, 2.05) is 6.07 Å². The van der Waals surface area contributed by atoms with Crippen LogP contribution in [0, 0.1) is 11.3 Å². The van der Waals surface area contributed by atoms with Gasteiger partial charge in [-0.2, -0.15) is 23.4 Å². The summed E-state index contributed by atoms with van der Waals surface area (Å²) >= 11 is 0. The lowest BCUT2D eigenvalue weighted by Crippen LogP contribution is -2.45. The van der Waals surface area contributed by atoms with Gasteiger partial charge < -0.3 is 14.2 Å². The van der Waals surface area contributed by atoms with E-state index in [1.54, 1.807) is 0 Å². The Kier molecular flexibility index (Phi) is 4.41. The molecule has 1 aliphatic rings. The number of benzene rings is 1. The van der Waals surface area contributed by atoms with E-state index in [0.29, 0.717) is 12.1 Å². The first-order chi connectivity index (χ1) is 11.9. The number of halogens is 3. The molecule has 1 aromatic carbocycles. The third-order valence-corrected chi connectivity index (χ3v) is 3.56. The van der Waals surface area contributed by atoms with Crippen LogP contribution in [0.5, 0.6) is 0 Å². The van der Waals surface area contributed by atoms with Crippen molar-refractivity contribution in [1.29, 1.82) is 5.26 Å². The third kappa shape index (κ3) is 3.61. The lowest BCUT2D eigenvalue weighted by atomic mass is 10.1. The molecular weight excluding hydrogens is 341 g/mol. The molecular formula is C15H11F3N4O3. The van der Waals surface area contributed by atoms with Gasteiger partial charge in [-0.25, -0.2) is 0 Å². The Bertz CT molecular complexity index is 811. The second-order valence-electron chi connectivity index (χ2n) is 5.24. The highest BCUT2D eigenvalue weighted by atomic mass is 19.4. The summed E-state index contributed by atoms with van der Waals surface area (Å²) < 4.78 is 46.8. The van der Waals surface area contributed by atoms with Crippen LogP contribution in [0.15, 0.2) is 28.8 Å². The minimum Gasteiger partial charge on any atom is -0.360 e. The Hall–Kier alpha value is -2.93. The molecule has 2 heterocycles. The van der Waals surface area contributed by atoms with Crippen LogP contribution >= 0.6 is 0 Å². The molecule has 130 valence electrons. The van der Waals surface area contributed by atoms with Gasteiger partial charge in [-0.15, -0.1) is 0 Å². The van der Waals surface area contributed by atoms with E-state index < -0.39 is 18.2 Å². The second-order valence-corrected chi connectivity index (χ2v) is 5.24. The topological polar surface area (TPSA) is 92.2 Å². The zero-order valence-corrected chi connectivity index (χ0v) is 12.7. The summed E-state index contributed by atoms with van der Waals surface area (Å²) in [6.45, 7) is 0.792. The summed E-state index contributed by atoms with van der Waals surface area (Å²) in [6, 6.07) is 7.73. The molecule has 1 atom stereocenters. The van der Waals surface area contributed by atoms with Crippen molar-refractivity contribution in [1.82, 2.24) is 15.0 Å². The first-order valence-electron chi connectivity index (χ1n) is 7.20. The number of hydrogen-bond acceptors (Lipinski definition) is 6. The summed E-state index contributed by atoms with van der Waals surface area (Å²) in [5.41, 5.74) is 0.620. The van der Waals surface area contributed by atoms with Crippen LogP contribution in [-0.2, 0) is 10.9 Å². The number of amides is 1. The molecule has 0 bridgehead atoms. The minimum absolute atomic E-state index is 0.164. The summed E-state index contributed by atoms with van der Waals surface area (Å²) in [6.07, 6.45) is -5.38. The van der Waals surface area contributed by atoms with Crippen LogP contribution < -0.4 is 0 Å². The highest BCUT2D eigenvalue weighted by Gasteiger charge is 2.38. The highest BCUT2D eigenvalue weighted by Crippen LogP contribution is 2.29. The van der Waals surface area contributed by atoms with Crippen molar-refractivity contribution < 1.29 is 27.2 Å². The fraction of sp³-hybridized carbons (Fsp3) is 0.333. The second kappa shape index (κ2) is 6.52. The molecule has 1 aromatic heterocycles. The minimum atomic E-state index is -4.71. The normalized spacial score (nSPS) is 18.0. The van der Waals surface area contributed by atoms with Crippen LogP contribution in [0.1, 0.15) is 16.2 Å². The zero-order chi connectivity index (χ0) is 18.0. The van der Waals surface area contributed by atoms with Gasteiger partial charge in [0, 0.05) is 17.7 Å². The van der Waals surface area contributed by atoms with Crippen molar-refractivity contribution >= 4 is 5.91 Å². The number of carbonyl (C=O) groups excluding carboxylic acids is 1. The number of carbonyl (C=O) groups is 1. The van der Waals surface area contributed by atoms with Crippen LogP contribution in [0.3, 0.4) is 0 Å². The molecule has 7 nitrogen and oxygen atoms in total. The number of morpholine rings is 1. The molecule has 0 radical (unpaired) electrons. The number of ether oxygens (including phenoxy) is 1. The number of alkyl halides is 3. The van der Waals surface area contributed by atoms with E-state index in [4.69, 9.17) is 10.00 Å². The molecule has 3 rings (SSSR count). The maximum absolute atomic E-state index is 12.5. The summed E-state index contributed by atoms with van der Waals surface area (Å²) in [4.78, 5) is 17.2. The monoisotopic (exact) mass is 352 g/mol. The predicted octanol–water partition coefficient (Wildman–Crippen LogP) is 2.12. The quantitative estimate of drug-likeness (QED) is 0.822. The van der Waals surface area contributed by atoms with Crippen molar-refractivity contribution in [3.63, 3.8) is 0 Å². The molecule has 0 spiro atoms. The number of nitrogens with zero attached hydrogens (tertiary/aromatic N) is 4. The van der Waals surface area contributed by atoms with Gasteiger partial charge in [0.25, 0.3) is 5.91 Å². The van der Waals surface area contributed by atoms with E-state index in [2.05, 4.69) is 14.7 Å². The van der Waals surface area contributed by atoms with Gasteiger partial charge in [-0.3, -0.25) is 4.79 Å². The molecule has 1 unspecified atom stereocenters. The number of rotatable bonds is 2. The number of nitriles is 1. The van der Waals surface area contributed by atoms with Gasteiger partial charge in [-0.1, -0.05) is 17.3 Å². The SMILES string of the molecule is N#CC1CN(C(=O)c2ccc(-c3noc(C(F)(F)F)n3)cc2)CCO1. The van der Waals surface area contributed by atoms with Gasteiger partial charge in [0.1, 0.15) is 0 Å². The standard InChI is InChI=1S/C15H11F3N4O3/c16-15(17,18)14-20-12(21-25-14)9-1-3-10(4-2-9)13(23)22-5-6-24-11(7-19)8-22/h1-4,11H,5-6,8H2. The van der Waals surface area contributed by atoms with Crippen molar-refractivity contribution in [3.8, 4) is 17.5 Å². The fourth-order valence-corrected chi connectivity index (χ4v) is 2.31. The van der Waals surface area contributed by atoms with Crippen LogP contribution in [0.2, 0.25) is 0 Å². The van der Waals surface area contributed by atoms with Crippen molar-refractivity contribution in [2.75, 3.05) is 19.7 Å². The van der Waals surface area contributed by atoms with E-state index in [1.165, 1.54) is 29.2 Å². The molecule has 25 heavy (non-hydrogen) atoms. The maximum Gasteiger partial charge on any atom is 0.471 e. The molecule has 0 aliphatic carbocycles. The Morgan fingerprint density at radius 3 is 2.64 bits per heavy atom. The van der Waals surface area contributed by atoms with Crippen LogP contribution in [0.25, 0.3) is 11.4 Å². The smallest absolute Gasteiger partial charge is 0.360 e. The molecule has 2 aromatic rings. The fourth-order valence-electron chi connectivity index (χ4n) is 2.31. The van der Waals surface area contributed by atoms with Crippen molar-refractivity contribution in [2.24, 2.45) is 0 Å².